The number of imidazole rings is 1. The Labute approximate surface area is 165 Å². The summed E-state index contributed by atoms with van der Waals surface area (Å²) in [5.41, 5.74) is 4.61. The highest BCUT2D eigenvalue weighted by Gasteiger charge is 2.25. The molecular weight excluding hydrogens is 350 g/mol. The molecule has 0 amide bonds. The minimum atomic E-state index is 0.0251. The molecule has 4 heterocycles. The maximum absolute atomic E-state index is 4.82. The molecule has 0 unspecified atom stereocenters. The molecule has 2 aliphatic rings. The van der Waals surface area contributed by atoms with Gasteiger partial charge in [0.1, 0.15) is 18.0 Å². The largest absolute Gasteiger partial charge is 0.353 e. The summed E-state index contributed by atoms with van der Waals surface area (Å²) in [6.07, 6.45) is 7.19. The van der Waals surface area contributed by atoms with Gasteiger partial charge >= 0.3 is 0 Å². The van der Waals surface area contributed by atoms with Crippen molar-refractivity contribution in [2.75, 3.05) is 36.0 Å². The van der Waals surface area contributed by atoms with Crippen molar-refractivity contribution in [3.8, 4) is 0 Å². The van der Waals surface area contributed by atoms with Crippen LogP contribution in [-0.4, -0.2) is 50.7 Å². The fourth-order valence-electron chi connectivity index (χ4n) is 4.16. The SMILES string of the molecule is CC(C)(C)c1cn2nc(N3CCN(c4ncnc5c4CCC5)CC3)ccc2n1. The molecule has 3 aromatic rings. The van der Waals surface area contributed by atoms with Crippen LogP contribution in [-0.2, 0) is 18.3 Å². The van der Waals surface area contributed by atoms with E-state index in [0.29, 0.717) is 0 Å². The van der Waals surface area contributed by atoms with Gasteiger partial charge in [-0.05, 0) is 31.4 Å². The Hall–Kier alpha value is -2.70. The molecule has 7 heteroatoms. The first-order valence-electron chi connectivity index (χ1n) is 10.2. The molecule has 0 N–H and O–H groups in total. The average Bonchev–Trinajstić information content (AvgIpc) is 3.34. The molecule has 1 aliphatic heterocycles. The monoisotopic (exact) mass is 377 g/mol. The van der Waals surface area contributed by atoms with Gasteiger partial charge in [-0.2, -0.15) is 0 Å². The molecule has 0 aromatic carbocycles. The first-order valence-corrected chi connectivity index (χ1v) is 10.2. The standard InChI is InChI=1S/C21H27N7/c1-21(2,3)17-13-28-18(24-17)7-8-19(25-28)26-9-11-27(12-10-26)20-15-5-4-6-16(15)22-14-23-20/h7-8,13-14H,4-6,9-12H2,1-3H3. The van der Waals surface area contributed by atoms with Gasteiger partial charge in [-0.15, -0.1) is 5.10 Å². The van der Waals surface area contributed by atoms with E-state index in [9.17, 15) is 0 Å². The topological polar surface area (TPSA) is 62.5 Å². The second kappa shape index (κ2) is 6.43. The summed E-state index contributed by atoms with van der Waals surface area (Å²) in [6, 6.07) is 4.16. The number of nitrogens with zero attached hydrogens (tertiary/aromatic N) is 7. The zero-order valence-corrected chi connectivity index (χ0v) is 16.9. The summed E-state index contributed by atoms with van der Waals surface area (Å²) in [5, 5.41) is 4.82. The third kappa shape index (κ3) is 2.99. The maximum atomic E-state index is 4.82. The summed E-state index contributed by atoms with van der Waals surface area (Å²) in [7, 11) is 0. The Morgan fingerprint density at radius 3 is 2.50 bits per heavy atom. The van der Waals surface area contributed by atoms with E-state index in [0.717, 1.165) is 62.0 Å². The normalized spacial score (nSPS) is 17.4. The first kappa shape index (κ1) is 17.4. The number of hydrogen-bond acceptors (Lipinski definition) is 6. The van der Waals surface area contributed by atoms with Crippen molar-refractivity contribution in [2.24, 2.45) is 0 Å². The number of aromatic nitrogens is 5. The predicted octanol–water partition coefficient (Wildman–Crippen LogP) is 2.63. The van der Waals surface area contributed by atoms with Crippen molar-refractivity contribution in [2.45, 2.75) is 45.4 Å². The minimum absolute atomic E-state index is 0.0251. The highest BCUT2D eigenvalue weighted by atomic mass is 15.4. The molecule has 1 saturated heterocycles. The van der Waals surface area contributed by atoms with E-state index in [4.69, 9.17) is 10.1 Å². The van der Waals surface area contributed by atoms with Crippen LogP contribution in [0.3, 0.4) is 0 Å². The molecule has 0 spiro atoms. The van der Waals surface area contributed by atoms with E-state index in [1.54, 1.807) is 6.33 Å². The summed E-state index contributed by atoms with van der Waals surface area (Å²) < 4.78 is 1.92. The zero-order chi connectivity index (χ0) is 19.3. The zero-order valence-electron chi connectivity index (χ0n) is 16.9. The van der Waals surface area contributed by atoms with Gasteiger partial charge in [-0.25, -0.2) is 19.5 Å². The van der Waals surface area contributed by atoms with Gasteiger partial charge in [-0.3, -0.25) is 0 Å². The van der Waals surface area contributed by atoms with Crippen LogP contribution in [0, 0.1) is 0 Å². The molecule has 5 rings (SSSR count). The second-order valence-electron chi connectivity index (χ2n) is 8.82. The highest BCUT2D eigenvalue weighted by molar-refractivity contribution is 5.53. The Morgan fingerprint density at radius 2 is 1.71 bits per heavy atom. The van der Waals surface area contributed by atoms with Crippen LogP contribution < -0.4 is 9.80 Å². The molecule has 3 aromatic heterocycles. The van der Waals surface area contributed by atoms with E-state index in [2.05, 4.69) is 58.9 Å². The van der Waals surface area contributed by atoms with Gasteiger partial charge in [0, 0.05) is 42.9 Å². The van der Waals surface area contributed by atoms with E-state index in [1.165, 1.54) is 17.7 Å². The van der Waals surface area contributed by atoms with Crippen LogP contribution in [0.4, 0.5) is 11.6 Å². The van der Waals surface area contributed by atoms with E-state index in [1.807, 2.05) is 4.52 Å². The maximum Gasteiger partial charge on any atom is 0.153 e. The Kier molecular flexibility index (Phi) is 4.00. The summed E-state index contributed by atoms with van der Waals surface area (Å²) >= 11 is 0. The molecule has 0 atom stereocenters. The smallest absolute Gasteiger partial charge is 0.153 e. The van der Waals surface area contributed by atoms with E-state index < -0.39 is 0 Å². The van der Waals surface area contributed by atoms with Gasteiger partial charge in [0.15, 0.2) is 5.65 Å². The van der Waals surface area contributed by atoms with Gasteiger partial charge in [0.2, 0.25) is 0 Å². The number of rotatable bonds is 2. The molecule has 0 saturated carbocycles. The fourth-order valence-corrected chi connectivity index (χ4v) is 4.16. The van der Waals surface area contributed by atoms with Gasteiger partial charge < -0.3 is 9.80 Å². The third-order valence-corrected chi connectivity index (χ3v) is 5.83. The minimum Gasteiger partial charge on any atom is -0.353 e. The van der Waals surface area contributed by atoms with Crippen molar-refractivity contribution in [1.82, 2.24) is 24.6 Å². The summed E-state index contributed by atoms with van der Waals surface area (Å²) in [6.45, 7) is 10.3. The quantitative estimate of drug-likeness (QED) is 0.684. The number of anilines is 2. The second-order valence-corrected chi connectivity index (χ2v) is 8.82. The fraction of sp³-hybridized carbons (Fsp3) is 0.524. The molecule has 0 radical (unpaired) electrons. The van der Waals surface area contributed by atoms with E-state index >= 15 is 0 Å². The average molecular weight is 377 g/mol. The lowest BCUT2D eigenvalue weighted by Gasteiger charge is -2.36. The molecular formula is C21H27N7. The summed E-state index contributed by atoms with van der Waals surface area (Å²) in [4.78, 5) is 18.5. The van der Waals surface area contributed by atoms with Gasteiger partial charge in [0.25, 0.3) is 0 Å². The van der Waals surface area contributed by atoms with Crippen molar-refractivity contribution in [3.05, 3.63) is 41.6 Å². The highest BCUT2D eigenvalue weighted by Crippen LogP contribution is 2.29. The van der Waals surface area contributed by atoms with Crippen LogP contribution in [0.5, 0.6) is 0 Å². The molecule has 1 aliphatic carbocycles. The van der Waals surface area contributed by atoms with Crippen molar-refractivity contribution >= 4 is 17.3 Å². The Bertz CT molecular complexity index is 1010. The van der Waals surface area contributed by atoms with Gasteiger partial charge in [0.05, 0.1) is 11.9 Å². The lowest BCUT2D eigenvalue weighted by molar-refractivity contribution is 0.572. The number of piperazine rings is 1. The van der Waals surface area contributed by atoms with Crippen LogP contribution in [0.1, 0.15) is 44.1 Å². The Balaban J connectivity index is 1.34. The van der Waals surface area contributed by atoms with Crippen molar-refractivity contribution in [1.29, 1.82) is 0 Å². The lowest BCUT2D eigenvalue weighted by atomic mass is 9.93. The van der Waals surface area contributed by atoms with E-state index in [-0.39, 0.29) is 5.41 Å². The van der Waals surface area contributed by atoms with Crippen LogP contribution in [0.15, 0.2) is 24.7 Å². The summed E-state index contributed by atoms with van der Waals surface area (Å²) in [5.74, 6) is 2.16. The number of hydrogen-bond donors (Lipinski definition) is 0. The number of fused-ring (bicyclic) bond motifs is 2. The van der Waals surface area contributed by atoms with Crippen LogP contribution >= 0.6 is 0 Å². The first-order chi connectivity index (χ1) is 13.5. The van der Waals surface area contributed by atoms with Gasteiger partial charge in [-0.1, -0.05) is 20.8 Å². The van der Waals surface area contributed by atoms with Crippen LogP contribution in [0.25, 0.3) is 5.65 Å². The molecule has 146 valence electrons. The predicted molar refractivity (Wildman–Crippen MR) is 110 cm³/mol. The molecule has 7 nitrogen and oxygen atoms in total. The van der Waals surface area contributed by atoms with Crippen LogP contribution in [0.2, 0.25) is 0 Å². The lowest BCUT2D eigenvalue weighted by Crippen LogP contribution is -2.47. The molecule has 28 heavy (non-hydrogen) atoms. The van der Waals surface area contributed by atoms with Crippen molar-refractivity contribution < 1.29 is 0 Å². The molecule has 0 bridgehead atoms. The van der Waals surface area contributed by atoms with Crippen molar-refractivity contribution in [3.63, 3.8) is 0 Å². The Morgan fingerprint density at radius 1 is 0.929 bits per heavy atom. The number of aryl methyl sites for hydroxylation is 1. The third-order valence-electron chi connectivity index (χ3n) is 5.83. The molecule has 1 fully saturated rings.